The van der Waals surface area contributed by atoms with E-state index < -0.39 is 0 Å². The van der Waals surface area contributed by atoms with Crippen LogP contribution < -0.4 is 15.5 Å². The number of anilines is 1. The Bertz CT molecular complexity index is 523. The van der Waals surface area contributed by atoms with Crippen LogP contribution in [0.5, 0.6) is 0 Å². The summed E-state index contributed by atoms with van der Waals surface area (Å²) in [4.78, 5) is 21.0. The molecule has 0 unspecified atom stereocenters. The molecule has 0 aliphatic carbocycles. The Morgan fingerprint density at radius 1 is 1.08 bits per heavy atom. The Labute approximate surface area is 144 Å². The Balaban J connectivity index is 1.81. The number of aliphatic imine (C=N–C) groups is 1. The second-order valence-electron chi connectivity index (χ2n) is 5.83. The molecule has 0 spiro atoms. The highest BCUT2D eigenvalue weighted by atomic mass is 16.2. The monoisotopic (exact) mass is 331 g/mol. The number of piperazine rings is 1. The lowest BCUT2D eigenvalue weighted by atomic mass is 10.2. The fourth-order valence-electron chi connectivity index (χ4n) is 2.68. The zero-order chi connectivity index (χ0) is 17.2. The molecule has 24 heavy (non-hydrogen) atoms. The van der Waals surface area contributed by atoms with Crippen molar-refractivity contribution in [3.8, 4) is 0 Å². The molecule has 1 amide bonds. The van der Waals surface area contributed by atoms with Crippen LogP contribution in [0.15, 0.2) is 35.3 Å². The number of amides is 1. The van der Waals surface area contributed by atoms with Crippen molar-refractivity contribution in [2.45, 2.75) is 20.3 Å². The maximum atomic E-state index is 12.4. The van der Waals surface area contributed by atoms with Crippen molar-refractivity contribution in [3.63, 3.8) is 0 Å². The molecule has 6 nitrogen and oxygen atoms in total. The predicted octanol–water partition coefficient (Wildman–Crippen LogP) is 1.30. The topological polar surface area (TPSA) is 60.0 Å². The number of hydrogen-bond donors (Lipinski definition) is 2. The molecule has 0 radical (unpaired) electrons. The summed E-state index contributed by atoms with van der Waals surface area (Å²) in [5.41, 5.74) is 1.22. The van der Waals surface area contributed by atoms with E-state index in [0.717, 1.165) is 51.6 Å². The minimum Gasteiger partial charge on any atom is -0.368 e. The molecule has 1 fully saturated rings. The van der Waals surface area contributed by atoms with Crippen LogP contribution in [0, 0.1) is 0 Å². The number of carbonyl (C=O) groups excluding carboxylic acids is 1. The van der Waals surface area contributed by atoms with Crippen LogP contribution in [-0.2, 0) is 4.79 Å². The smallest absolute Gasteiger partial charge is 0.244 e. The van der Waals surface area contributed by atoms with Crippen molar-refractivity contribution >= 4 is 17.6 Å². The first kappa shape index (κ1) is 18.1. The SMILES string of the molecule is CCCNC(=NCC(=O)N1CCN(c2ccccc2)CC1)NCC. The highest BCUT2D eigenvalue weighted by Gasteiger charge is 2.20. The normalized spacial score (nSPS) is 15.3. The van der Waals surface area contributed by atoms with Gasteiger partial charge in [-0.25, -0.2) is 4.99 Å². The molecule has 1 saturated heterocycles. The summed E-state index contributed by atoms with van der Waals surface area (Å²) >= 11 is 0. The van der Waals surface area contributed by atoms with Gasteiger partial charge in [0, 0.05) is 45.0 Å². The number of nitrogens with zero attached hydrogens (tertiary/aromatic N) is 3. The molecule has 0 aromatic heterocycles. The summed E-state index contributed by atoms with van der Waals surface area (Å²) in [6.45, 7) is 9.22. The zero-order valence-corrected chi connectivity index (χ0v) is 14.8. The van der Waals surface area contributed by atoms with Crippen LogP contribution >= 0.6 is 0 Å². The first-order valence-corrected chi connectivity index (χ1v) is 8.84. The van der Waals surface area contributed by atoms with Crippen LogP contribution in [0.4, 0.5) is 5.69 Å². The molecule has 0 atom stereocenters. The van der Waals surface area contributed by atoms with Crippen LogP contribution in [0.2, 0.25) is 0 Å². The van der Waals surface area contributed by atoms with E-state index in [1.165, 1.54) is 5.69 Å². The molecule has 2 rings (SSSR count). The fourth-order valence-corrected chi connectivity index (χ4v) is 2.68. The number of rotatable bonds is 6. The van der Waals surface area contributed by atoms with Crippen LogP contribution in [0.25, 0.3) is 0 Å². The van der Waals surface area contributed by atoms with E-state index >= 15 is 0 Å². The van der Waals surface area contributed by atoms with E-state index in [1.54, 1.807) is 0 Å². The standard InChI is InChI=1S/C18H29N5O/c1-3-10-20-18(19-4-2)21-15-17(24)23-13-11-22(12-14-23)16-8-6-5-7-9-16/h5-9H,3-4,10-15H2,1-2H3,(H2,19,20,21). The lowest BCUT2D eigenvalue weighted by Gasteiger charge is -2.36. The summed E-state index contributed by atoms with van der Waals surface area (Å²) in [7, 11) is 0. The maximum absolute atomic E-state index is 12.4. The van der Waals surface area contributed by atoms with E-state index in [2.05, 4.69) is 39.6 Å². The van der Waals surface area contributed by atoms with Gasteiger partial charge >= 0.3 is 0 Å². The lowest BCUT2D eigenvalue weighted by molar-refractivity contribution is -0.129. The molecular formula is C18H29N5O. The summed E-state index contributed by atoms with van der Waals surface area (Å²) in [5.74, 6) is 0.812. The van der Waals surface area contributed by atoms with E-state index in [9.17, 15) is 4.79 Å². The Morgan fingerprint density at radius 2 is 1.79 bits per heavy atom. The highest BCUT2D eigenvalue weighted by Crippen LogP contribution is 2.15. The van der Waals surface area contributed by atoms with E-state index in [1.807, 2.05) is 30.0 Å². The van der Waals surface area contributed by atoms with Crippen LogP contribution in [0.1, 0.15) is 20.3 Å². The van der Waals surface area contributed by atoms with Gasteiger partial charge in [0.25, 0.3) is 0 Å². The van der Waals surface area contributed by atoms with Crippen molar-refractivity contribution in [2.75, 3.05) is 50.7 Å². The number of nitrogens with one attached hydrogen (secondary N) is 2. The molecule has 132 valence electrons. The third kappa shape index (κ3) is 5.44. The average molecular weight is 331 g/mol. The highest BCUT2D eigenvalue weighted by molar-refractivity contribution is 5.85. The molecule has 1 aliphatic heterocycles. The van der Waals surface area contributed by atoms with Crippen molar-refractivity contribution in [2.24, 2.45) is 4.99 Å². The van der Waals surface area contributed by atoms with Crippen molar-refractivity contribution < 1.29 is 4.79 Å². The predicted molar refractivity (Wildman–Crippen MR) is 99.5 cm³/mol. The number of benzene rings is 1. The van der Waals surface area contributed by atoms with Gasteiger partial charge in [-0.2, -0.15) is 0 Å². The van der Waals surface area contributed by atoms with Gasteiger partial charge in [0.2, 0.25) is 5.91 Å². The number of hydrogen-bond acceptors (Lipinski definition) is 3. The molecule has 0 bridgehead atoms. The van der Waals surface area contributed by atoms with Crippen molar-refractivity contribution in [3.05, 3.63) is 30.3 Å². The van der Waals surface area contributed by atoms with Crippen LogP contribution in [-0.4, -0.2) is 62.6 Å². The quantitative estimate of drug-likeness (QED) is 0.609. The second kappa shape index (κ2) is 9.80. The third-order valence-electron chi connectivity index (χ3n) is 4.01. The summed E-state index contributed by atoms with van der Waals surface area (Å²) in [6, 6.07) is 10.4. The second-order valence-corrected chi connectivity index (χ2v) is 5.83. The van der Waals surface area contributed by atoms with Crippen molar-refractivity contribution in [1.29, 1.82) is 0 Å². The van der Waals surface area contributed by atoms with E-state index in [-0.39, 0.29) is 12.5 Å². The number of carbonyl (C=O) groups is 1. The fraction of sp³-hybridized carbons (Fsp3) is 0.556. The Hall–Kier alpha value is -2.24. The Morgan fingerprint density at radius 3 is 2.42 bits per heavy atom. The van der Waals surface area contributed by atoms with Gasteiger partial charge in [0.15, 0.2) is 5.96 Å². The Kier molecular flexibility index (Phi) is 7.39. The molecule has 1 aliphatic rings. The van der Waals surface area contributed by atoms with Gasteiger partial charge in [0.1, 0.15) is 6.54 Å². The third-order valence-corrected chi connectivity index (χ3v) is 4.01. The number of para-hydroxylation sites is 1. The maximum Gasteiger partial charge on any atom is 0.244 e. The van der Waals surface area contributed by atoms with E-state index in [4.69, 9.17) is 0 Å². The molecule has 0 saturated carbocycles. The van der Waals surface area contributed by atoms with Gasteiger partial charge < -0.3 is 20.4 Å². The van der Waals surface area contributed by atoms with Gasteiger partial charge in [-0.1, -0.05) is 25.1 Å². The summed E-state index contributed by atoms with van der Waals surface area (Å²) < 4.78 is 0. The minimum absolute atomic E-state index is 0.0939. The van der Waals surface area contributed by atoms with Gasteiger partial charge in [0.05, 0.1) is 0 Å². The largest absolute Gasteiger partial charge is 0.368 e. The first-order chi connectivity index (χ1) is 11.7. The minimum atomic E-state index is 0.0939. The van der Waals surface area contributed by atoms with Gasteiger partial charge in [-0.15, -0.1) is 0 Å². The molecule has 1 heterocycles. The molecule has 6 heteroatoms. The molecule has 2 N–H and O–H groups in total. The molecular weight excluding hydrogens is 302 g/mol. The number of guanidine groups is 1. The first-order valence-electron chi connectivity index (χ1n) is 8.84. The lowest BCUT2D eigenvalue weighted by Crippen LogP contribution is -2.49. The summed E-state index contributed by atoms with van der Waals surface area (Å²) in [5, 5.41) is 6.38. The van der Waals surface area contributed by atoms with Crippen molar-refractivity contribution in [1.82, 2.24) is 15.5 Å². The molecule has 1 aromatic rings. The van der Waals surface area contributed by atoms with Gasteiger partial charge in [-0.05, 0) is 25.5 Å². The molecule has 1 aromatic carbocycles. The van der Waals surface area contributed by atoms with E-state index in [0.29, 0.717) is 0 Å². The van der Waals surface area contributed by atoms with Crippen LogP contribution in [0.3, 0.4) is 0 Å². The average Bonchev–Trinajstić information content (AvgIpc) is 2.64. The zero-order valence-electron chi connectivity index (χ0n) is 14.8. The van der Waals surface area contributed by atoms with Gasteiger partial charge in [-0.3, -0.25) is 4.79 Å². The summed E-state index contributed by atoms with van der Waals surface area (Å²) in [6.07, 6.45) is 1.03.